The van der Waals surface area contributed by atoms with Gasteiger partial charge in [0.1, 0.15) is 17.7 Å². The molecule has 0 saturated carbocycles. The molecule has 0 bridgehead atoms. The molecular weight excluding hydrogens is 344 g/mol. The summed E-state index contributed by atoms with van der Waals surface area (Å²) in [7, 11) is 1.88. The zero-order chi connectivity index (χ0) is 16.6. The van der Waals surface area contributed by atoms with Gasteiger partial charge in [-0.15, -0.1) is 12.4 Å². The Labute approximate surface area is 151 Å². The molecule has 8 nitrogen and oxygen atoms in total. The highest BCUT2D eigenvalue weighted by Gasteiger charge is 2.29. The maximum absolute atomic E-state index is 6.02. The molecule has 134 valence electrons. The standard InChI is InChI=1S/C16H20N6O2.ClH/c1-16(10-17-5-6-24-16)11-23-15-14-3-4-18-22(14)9-13(20-15)12-7-19-21(2)8-12;/h3-4,7-9,17H,5-6,10-11H2,1-2H3;1H/t16-;/m1./s1. The summed E-state index contributed by atoms with van der Waals surface area (Å²) in [5, 5.41) is 11.8. The first-order valence-corrected chi connectivity index (χ1v) is 7.94. The van der Waals surface area contributed by atoms with E-state index < -0.39 is 0 Å². The summed E-state index contributed by atoms with van der Waals surface area (Å²) in [5.74, 6) is 0.546. The molecule has 1 atom stereocenters. The first-order chi connectivity index (χ1) is 11.6. The lowest BCUT2D eigenvalue weighted by Gasteiger charge is -2.33. The van der Waals surface area contributed by atoms with Gasteiger partial charge in [0.05, 0.1) is 30.9 Å². The highest BCUT2D eigenvalue weighted by atomic mass is 35.5. The molecule has 0 radical (unpaired) electrons. The molecule has 3 aromatic rings. The Hall–Kier alpha value is -2.16. The average Bonchev–Trinajstić information content (AvgIpc) is 3.22. The summed E-state index contributed by atoms with van der Waals surface area (Å²) in [5.41, 5.74) is 2.15. The number of halogens is 1. The van der Waals surface area contributed by atoms with E-state index in [-0.39, 0.29) is 18.0 Å². The van der Waals surface area contributed by atoms with Crippen LogP contribution in [0.15, 0.2) is 30.9 Å². The molecule has 25 heavy (non-hydrogen) atoms. The Morgan fingerprint density at radius 2 is 2.24 bits per heavy atom. The van der Waals surface area contributed by atoms with E-state index in [0.29, 0.717) is 19.1 Å². The molecule has 0 spiro atoms. The molecule has 0 aliphatic carbocycles. The van der Waals surface area contributed by atoms with Gasteiger partial charge in [0, 0.05) is 31.9 Å². The molecule has 1 fully saturated rings. The molecule has 4 rings (SSSR count). The minimum absolute atomic E-state index is 0. The summed E-state index contributed by atoms with van der Waals surface area (Å²) < 4.78 is 15.4. The molecule has 1 saturated heterocycles. The van der Waals surface area contributed by atoms with Crippen LogP contribution in [0.25, 0.3) is 16.8 Å². The Bertz CT molecular complexity index is 855. The fourth-order valence-corrected chi connectivity index (χ4v) is 2.78. The molecule has 1 N–H and O–H groups in total. The number of ether oxygens (including phenoxy) is 2. The van der Waals surface area contributed by atoms with Crippen LogP contribution < -0.4 is 10.1 Å². The van der Waals surface area contributed by atoms with E-state index in [1.54, 1.807) is 21.6 Å². The van der Waals surface area contributed by atoms with Crippen LogP contribution in [0.2, 0.25) is 0 Å². The van der Waals surface area contributed by atoms with Crippen molar-refractivity contribution in [3.05, 3.63) is 30.9 Å². The number of morpholine rings is 1. The quantitative estimate of drug-likeness (QED) is 0.752. The number of hydrogen-bond donors (Lipinski definition) is 1. The maximum atomic E-state index is 6.02. The van der Waals surface area contributed by atoms with Gasteiger partial charge >= 0.3 is 0 Å². The number of aromatic nitrogens is 5. The lowest BCUT2D eigenvalue weighted by Crippen LogP contribution is -2.51. The van der Waals surface area contributed by atoms with Gasteiger partial charge in [0.25, 0.3) is 0 Å². The third kappa shape index (κ3) is 3.60. The molecule has 1 aliphatic rings. The monoisotopic (exact) mass is 364 g/mol. The van der Waals surface area contributed by atoms with Gasteiger partial charge in [0.15, 0.2) is 0 Å². The Kier molecular flexibility index (Phi) is 4.94. The predicted molar refractivity (Wildman–Crippen MR) is 95.2 cm³/mol. The maximum Gasteiger partial charge on any atom is 0.240 e. The van der Waals surface area contributed by atoms with Crippen molar-refractivity contribution in [2.24, 2.45) is 7.05 Å². The van der Waals surface area contributed by atoms with Crippen LogP contribution in [0, 0.1) is 0 Å². The van der Waals surface area contributed by atoms with E-state index in [4.69, 9.17) is 9.47 Å². The van der Waals surface area contributed by atoms with Crippen molar-refractivity contribution >= 4 is 17.9 Å². The van der Waals surface area contributed by atoms with E-state index >= 15 is 0 Å². The molecule has 0 aromatic carbocycles. The predicted octanol–water partition coefficient (Wildman–Crippen LogP) is 1.31. The van der Waals surface area contributed by atoms with Crippen LogP contribution in [0.1, 0.15) is 6.92 Å². The zero-order valence-corrected chi connectivity index (χ0v) is 15.0. The van der Waals surface area contributed by atoms with Gasteiger partial charge in [-0.1, -0.05) is 0 Å². The average molecular weight is 365 g/mol. The number of nitrogens with one attached hydrogen (secondary N) is 1. The summed E-state index contributed by atoms with van der Waals surface area (Å²) in [6, 6.07) is 1.89. The molecule has 3 aromatic heterocycles. The van der Waals surface area contributed by atoms with Crippen molar-refractivity contribution in [1.29, 1.82) is 0 Å². The van der Waals surface area contributed by atoms with Crippen molar-refractivity contribution < 1.29 is 9.47 Å². The summed E-state index contributed by atoms with van der Waals surface area (Å²) in [4.78, 5) is 4.66. The third-order valence-corrected chi connectivity index (χ3v) is 4.10. The minimum atomic E-state index is -0.360. The van der Waals surface area contributed by atoms with Crippen molar-refractivity contribution in [3.8, 4) is 17.1 Å². The van der Waals surface area contributed by atoms with Gasteiger partial charge in [-0.05, 0) is 13.0 Å². The second kappa shape index (κ2) is 6.99. The number of fused-ring (bicyclic) bond motifs is 1. The van der Waals surface area contributed by atoms with Crippen LogP contribution in [0.4, 0.5) is 0 Å². The molecule has 9 heteroatoms. The van der Waals surface area contributed by atoms with E-state index in [0.717, 1.165) is 29.9 Å². The highest BCUT2D eigenvalue weighted by molar-refractivity contribution is 5.85. The number of rotatable bonds is 4. The number of aryl methyl sites for hydroxylation is 1. The first-order valence-electron chi connectivity index (χ1n) is 7.94. The molecular formula is C16H21ClN6O2. The minimum Gasteiger partial charge on any atom is -0.473 e. The van der Waals surface area contributed by atoms with E-state index in [1.807, 2.05) is 32.4 Å². The second-order valence-corrected chi connectivity index (χ2v) is 6.26. The smallest absolute Gasteiger partial charge is 0.240 e. The van der Waals surface area contributed by atoms with E-state index in [9.17, 15) is 0 Å². The van der Waals surface area contributed by atoms with Crippen LogP contribution in [-0.4, -0.2) is 56.3 Å². The fourth-order valence-electron chi connectivity index (χ4n) is 2.78. The molecule has 0 amide bonds. The lowest BCUT2D eigenvalue weighted by atomic mass is 10.1. The summed E-state index contributed by atoms with van der Waals surface area (Å²) >= 11 is 0. The summed E-state index contributed by atoms with van der Waals surface area (Å²) in [6.45, 7) is 4.77. The SMILES string of the molecule is Cl.Cn1cc(-c2cn3nccc3c(OC[C@@]3(C)CNCCO3)n2)cn1. The third-order valence-electron chi connectivity index (χ3n) is 4.10. The summed E-state index contributed by atoms with van der Waals surface area (Å²) in [6.07, 6.45) is 7.30. The molecule has 4 heterocycles. The van der Waals surface area contributed by atoms with Crippen molar-refractivity contribution in [2.75, 3.05) is 26.3 Å². The van der Waals surface area contributed by atoms with Crippen LogP contribution in [0.3, 0.4) is 0 Å². The highest BCUT2D eigenvalue weighted by Crippen LogP contribution is 2.25. The first kappa shape index (κ1) is 17.7. The van der Waals surface area contributed by atoms with E-state index in [1.165, 1.54) is 0 Å². The number of hydrogen-bond acceptors (Lipinski definition) is 6. The lowest BCUT2D eigenvalue weighted by molar-refractivity contribution is -0.0777. The van der Waals surface area contributed by atoms with Crippen LogP contribution in [-0.2, 0) is 11.8 Å². The van der Waals surface area contributed by atoms with Crippen molar-refractivity contribution in [3.63, 3.8) is 0 Å². The van der Waals surface area contributed by atoms with Gasteiger partial charge in [-0.25, -0.2) is 9.50 Å². The van der Waals surface area contributed by atoms with Crippen LogP contribution >= 0.6 is 12.4 Å². The topological polar surface area (TPSA) is 78.5 Å². The Morgan fingerprint density at radius 3 is 2.96 bits per heavy atom. The zero-order valence-electron chi connectivity index (χ0n) is 14.2. The molecule has 0 unspecified atom stereocenters. The Balaban J connectivity index is 0.00000182. The Morgan fingerprint density at radius 1 is 1.36 bits per heavy atom. The van der Waals surface area contributed by atoms with E-state index in [2.05, 4.69) is 20.5 Å². The van der Waals surface area contributed by atoms with Gasteiger partial charge in [-0.3, -0.25) is 4.68 Å². The number of nitrogens with zero attached hydrogens (tertiary/aromatic N) is 5. The van der Waals surface area contributed by atoms with Gasteiger partial charge < -0.3 is 14.8 Å². The second-order valence-electron chi connectivity index (χ2n) is 6.26. The van der Waals surface area contributed by atoms with Crippen LogP contribution in [0.5, 0.6) is 5.88 Å². The van der Waals surface area contributed by atoms with Gasteiger partial charge in [0.2, 0.25) is 5.88 Å². The van der Waals surface area contributed by atoms with Crippen molar-refractivity contribution in [1.82, 2.24) is 29.7 Å². The molecule has 1 aliphatic heterocycles. The largest absolute Gasteiger partial charge is 0.473 e. The van der Waals surface area contributed by atoms with Crippen molar-refractivity contribution in [2.45, 2.75) is 12.5 Å². The van der Waals surface area contributed by atoms with Gasteiger partial charge in [-0.2, -0.15) is 10.2 Å². The normalized spacial score (nSPS) is 20.4. The fraction of sp³-hybridized carbons (Fsp3) is 0.438.